The number of unbranched alkanes of at least 4 members (excludes halogenated alkanes) is 7. The Bertz CT molecular complexity index is 939. The summed E-state index contributed by atoms with van der Waals surface area (Å²) in [7, 11) is 0. The molecule has 0 aromatic carbocycles. The average Bonchev–Trinajstić information content (AvgIpc) is 3.00. The molecule has 1 amide bonds. The third-order valence-electron chi connectivity index (χ3n) is 6.53. The van der Waals surface area contributed by atoms with Gasteiger partial charge < -0.3 is 15.2 Å². The van der Waals surface area contributed by atoms with Crippen molar-refractivity contribution in [1.82, 2.24) is 5.32 Å². The maximum atomic E-state index is 12.5. The highest BCUT2D eigenvalue weighted by molar-refractivity contribution is 5.80. The number of rotatable bonds is 28. The lowest BCUT2D eigenvalue weighted by Gasteiger charge is -2.11. The van der Waals surface area contributed by atoms with Crippen LogP contribution in [0.1, 0.15) is 123 Å². The van der Waals surface area contributed by atoms with Crippen LogP contribution in [0, 0.1) is 0 Å². The fourth-order valence-electron chi connectivity index (χ4n) is 4.11. The Kier molecular flexibility index (Phi) is 30.0. The molecule has 0 bridgehead atoms. The Labute approximate surface area is 267 Å². The third-order valence-corrected chi connectivity index (χ3v) is 6.53. The predicted octanol–water partition coefficient (Wildman–Crippen LogP) is 9.66. The molecule has 2 N–H and O–H groups in total. The number of carboxylic acids is 1. The fraction of sp³-hybridized carbons (Fsp3) is 0.553. The van der Waals surface area contributed by atoms with Crippen LogP contribution in [0.4, 0.5) is 0 Å². The number of aliphatic carboxylic acids is 1. The van der Waals surface area contributed by atoms with E-state index >= 15 is 0 Å². The Hall–Kier alpha value is -3.41. The second-order valence-corrected chi connectivity index (χ2v) is 10.6. The lowest BCUT2D eigenvalue weighted by atomic mass is 10.1. The SMILES string of the molecule is CC/C=C\C/C=C\C/C=C\C/C=C\CCCCCCC(=O)OC(/C=C\C/C=C\CC)/C=C\CCCCCC(=O)NCC(=O)O. The number of carbonyl (C=O) groups is 3. The minimum atomic E-state index is -1.04. The van der Waals surface area contributed by atoms with Gasteiger partial charge in [-0.05, 0) is 89.2 Å². The number of hydrogen-bond acceptors (Lipinski definition) is 4. The van der Waals surface area contributed by atoms with Crippen molar-refractivity contribution in [2.24, 2.45) is 0 Å². The van der Waals surface area contributed by atoms with E-state index in [0.717, 1.165) is 89.9 Å². The molecular formula is C38H59NO5. The van der Waals surface area contributed by atoms with Gasteiger partial charge in [-0.2, -0.15) is 0 Å². The Morgan fingerprint density at radius 1 is 0.591 bits per heavy atom. The summed E-state index contributed by atoms with van der Waals surface area (Å²) in [6.07, 6.45) is 44.6. The topological polar surface area (TPSA) is 92.7 Å². The van der Waals surface area contributed by atoms with Gasteiger partial charge in [-0.3, -0.25) is 14.4 Å². The van der Waals surface area contributed by atoms with Gasteiger partial charge in [0.1, 0.15) is 12.6 Å². The number of hydrogen-bond donors (Lipinski definition) is 2. The van der Waals surface area contributed by atoms with Crippen LogP contribution < -0.4 is 5.32 Å². The maximum Gasteiger partial charge on any atom is 0.322 e. The second-order valence-electron chi connectivity index (χ2n) is 10.6. The zero-order valence-corrected chi connectivity index (χ0v) is 27.5. The molecule has 0 rings (SSSR count). The van der Waals surface area contributed by atoms with Gasteiger partial charge >= 0.3 is 11.9 Å². The summed E-state index contributed by atoms with van der Waals surface area (Å²) in [4.78, 5) is 34.5. The molecule has 0 heterocycles. The molecule has 0 radical (unpaired) electrons. The maximum absolute atomic E-state index is 12.5. The van der Waals surface area contributed by atoms with Gasteiger partial charge in [-0.1, -0.05) is 106 Å². The van der Waals surface area contributed by atoms with Crippen LogP contribution in [-0.2, 0) is 19.1 Å². The molecule has 0 fully saturated rings. The van der Waals surface area contributed by atoms with E-state index in [2.05, 4.69) is 79.9 Å². The quantitative estimate of drug-likeness (QED) is 0.0523. The molecule has 0 aromatic heterocycles. The summed E-state index contributed by atoms with van der Waals surface area (Å²) in [5.74, 6) is -1.44. The molecule has 1 unspecified atom stereocenters. The molecule has 0 saturated carbocycles. The Morgan fingerprint density at radius 2 is 1.07 bits per heavy atom. The summed E-state index contributed by atoms with van der Waals surface area (Å²) < 4.78 is 5.73. The van der Waals surface area contributed by atoms with Crippen LogP contribution in [0.3, 0.4) is 0 Å². The van der Waals surface area contributed by atoms with Crippen LogP contribution in [0.25, 0.3) is 0 Å². The molecule has 6 nitrogen and oxygen atoms in total. The van der Waals surface area contributed by atoms with Crippen molar-refractivity contribution < 1.29 is 24.2 Å². The van der Waals surface area contributed by atoms with Gasteiger partial charge in [-0.25, -0.2) is 0 Å². The average molecular weight is 610 g/mol. The first-order valence-electron chi connectivity index (χ1n) is 16.8. The summed E-state index contributed by atoms with van der Waals surface area (Å²) in [5.41, 5.74) is 0. The first-order valence-corrected chi connectivity index (χ1v) is 16.8. The Morgan fingerprint density at radius 3 is 1.68 bits per heavy atom. The molecule has 0 aliphatic heterocycles. The molecule has 0 spiro atoms. The van der Waals surface area contributed by atoms with Crippen molar-refractivity contribution >= 4 is 17.8 Å². The minimum Gasteiger partial charge on any atom is -0.480 e. The van der Waals surface area contributed by atoms with Crippen LogP contribution in [-0.4, -0.2) is 35.6 Å². The lowest BCUT2D eigenvalue weighted by molar-refractivity contribution is -0.145. The minimum absolute atomic E-state index is 0.167. The van der Waals surface area contributed by atoms with E-state index in [-0.39, 0.29) is 24.5 Å². The molecule has 6 heteroatoms. The van der Waals surface area contributed by atoms with Gasteiger partial charge in [0.25, 0.3) is 0 Å². The molecule has 246 valence electrons. The largest absolute Gasteiger partial charge is 0.480 e. The summed E-state index contributed by atoms with van der Waals surface area (Å²) in [5, 5.41) is 11.0. The van der Waals surface area contributed by atoms with Crippen LogP contribution in [0.15, 0.2) is 85.1 Å². The third kappa shape index (κ3) is 31.5. The molecule has 44 heavy (non-hydrogen) atoms. The summed E-state index contributed by atoms with van der Waals surface area (Å²) >= 11 is 0. The van der Waals surface area contributed by atoms with Crippen LogP contribution in [0.5, 0.6) is 0 Å². The van der Waals surface area contributed by atoms with Crippen LogP contribution in [0.2, 0.25) is 0 Å². The molecular weight excluding hydrogens is 550 g/mol. The van der Waals surface area contributed by atoms with Crippen molar-refractivity contribution in [2.75, 3.05) is 6.54 Å². The van der Waals surface area contributed by atoms with E-state index in [1.165, 1.54) is 0 Å². The predicted molar refractivity (Wildman–Crippen MR) is 184 cm³/mol. The first kappa shape index (κ1) is 40.6. The van der Waals surface area contributed by atoms with E-state index in [1.807, 2.05) is 24.3 Å². The standard InChI is InChI=1S/C38H59NO5/c1-3-5-7-9-10-11-12-13-14-15-16-17-18-19-20-25-29-33-38(43)44-35(30-26-22-8-6-4-2)31-27-23-21-24-28-32-36(40)39-34-37(41)42/h5-8,10-11,13-14,16-17,26-27,30-31,35H,3-4,9,12,15,18-25,28-29,32-34H2,1-2H3,(H,39,40)(H,41,42)/b7-5-,8-6-,11-10-,14-13-,17-16-,30-26-,31-27-. The highest BCUT2D eigenvalue weighted by Crippen LogP contribution is 2.10. The summed E-state index contributed by atoms with van der Waals surface area (Å²) in [6, 6.07) is 0. The zero-order valence-electron chi connectivity index (χ0n) is 27.5. The number of esters is 1. The molecule has 0 saturated heterocycles. The number of carboxylic acid groups (broad SMARTS) is 1. The van der Waals surface area contributed by atoms with Crippen molar-refractivity contribution in [3.63, 3.8) is 0 Å². The number of amides is 1. The molecule has 0 aromatic rings. The Balaban J connectivity index is 4.18. The second kappa shape index (κ2) is 32.5. The van der Waals surface area contributed by atoms with E-state index < -0.39 is 5.97 Å². The van der Waals surface area contributed by atoms with Crippen molar-refractivity contribution in [1.29, 1.82) is 0 Å². The van der Waals surface area contributed by atoms with Crippen molar-refractivity contribution in [3.8, 4) is 0 Å². The smallest absolute Gasteiger partial charge is 0.322 e. The summed E-state index contributed by atoms with van der Waals surface area (Å²) in [6.45, 7) is 3.91. The van der Waals surface area contributed by atoms with Gasteiger partial charge in [0.15, 0.2) is 0 Å². The fourth-order valence-corrected chi connectivity index (χ4v) is 4.11. The van der Waals surface area contributed by atoms with Gasteiger partial charge in [-0.15, -0.1) is 0 Å². The van der Waals surface area contributed by atoms with Gasteiger partial charge in [0.2, 0.25) is 5.91 Å². The number of ether oxygens (including phenoxy) is 1. The highest BCUT2D eigenvalue weighted by Gasteiger charge is 2.08. The molecule has 0 aliphatic rings. The highest BCUT2D eigenvalue weighted by atomic mass is 16.5. The first-order chi connectivity index (χ1) is 21.5. The van der Waals surface area contributed by atoms with E-state index in [1.54, 1.807) is 0 Å². The van der Waals surface area contributed by atoms with E-state index in [0.29, 0.717) is 19.3 Å². The normalized spacial score (nSPS) is 13.1. The number of nitrogens with one attached hydrogen (secondary N) is 1. The van der Waals surface area contributed by atoms with Gasteiger partial charge in [0.05, 0.1) is 0 Å². The monoisotopic (exact) mass is 609 g/mol. The van der Waals surface area contributed by atoms with Crippen LogP contribution >= 0.6 is 0 Å². The zero-order chi connectivity index (χ0) is 32.4. The molecule has 1 atom stereocenters. The molecule has 0 aliphatic carbocycles. The van der Waals surface area contributed by atoms with Crippen molar-refractivity contribution in [3.05, 3.63) is 85.1 Å². The van der Waals surface area contributed by atoms with Crippen molar-refractivity contribution in [2.45, 2.75) is 129 Å². The van der Waals surface area contributed by atoms with E-state index in [9.17, 15) is 14.4 Å². The number of allylic oxidation sites excluding steroid dienone is 12. The number of carbonyl (C=O) groups excluding carboxylic acids is 2. The van der Waals surface area contributed by atoms with E-state index in [4.69, 9.17) is 9.84 Å². The lowest BCUT2D eigenvalue weighted by Crippen LogP contribution is -2.28. The van der Waals surface area contributed by atoms with Gasteiger partial charge in [0, 0.05) is 12.8 Å².